The average molecular weight is 629 g/mol. The fourth-order valence-electron chi connectivity index (χ4n) is 7.86. The van der Waals surface area contributed by atoms with E-state index >= 15 is 0 Å². The van der Waals surface area contributed by atoms with Crippen LogP contribution in [-0.4, -0.2) is 13.1 Å². The number of para-hydroxylation sites is 2. The standard InChI is InChI=1S/C39H40N4S2/c1-7-40-28-17-11-9-15-26(28)38(3,4)32(40)19-13-21-34-42-25-43-35(45-31-24-23-30(44-34)36(42)37(31)43)22-14-20-33-39(5,6)27-16-10-12-18-29(27)41(33)8-2/h9-24H,7-8,25H2,1-6H3/q+2. The SMILES string of the molecule is CCN1/C(=C\C=C\c2sc3ccc4sc(/C=C/C=C5/N(CC)c6ccccc6C5(C)C)[n+]5c4c3[n+]2C5)C(C)(C)c2ccccc21. The topological polar surface area (TPSA) is 14.2 Å². The second-order valence-corrected chi connectivity index (χ2v) is 15.4. The minimum atomic E-state index is -0.0197. The Morgan fingerprint density at radius 1 is 0.644 bits per heavy atom. The van der Waals surface area contributed by atoms with Crippen molar-refractivity contribution in [3.05, 3.63) is 118 Å². The van der Waals surface area contributed by atoms with Gasteiger partial charge in [0.1, 0.15) is 9.40 Å². The summed E-state index contributed by atoms with van der Waals surface area (Å²) in [5.41, 5.74) is 10.9. The molecule has 0 aliphatic carbocycles. The van der Waals surface area contributed by atoms with E-state index in [0.717, 1.165) is 19.8 Å². The summed E-state index contributed by atoms with van der Waals surface area (Å²) in [6.07, 6.45) is 13.8. The summed E-state index contributed by atoms with van der Waals surface area (Å²) in [5, 5.41) is 2.58. The summed E-state index contributed by atoms with van der Waals surface area (Å²) in [4.78, 5) is 4.93. The third-order valence-electron chi connectivity index (χ3n) is 10.1. The van der Waals surface area contributed by atoms with Crippen molar-refractivity contribution in [3.63, 3.8) is 0 Å². The molecule has 0 saturated carbocycles. The zero-order valence-electron chi connectivity index (χ0n) is 27.0. The Bertz CT molecular complexity index is 1980. The van der Waals surface area contributed by atoms with Crippen LogP contribution in [0, 0.1) is 0 Å². The maximum absolute atomic E-state index is 2.50. The summed E-state index contributed by atoms with van der Waals surface area (Å²) in [6, 6.07) is 22.3. The number of anilines is 2. The molecule has 3 aromatic carbocycles. The second-order valence-electron chi connectivity index (χ2n) is 13.2. The Hall–Kier alpha value is -4.00. The van der Waals surface area contributed by atoms with Gasteiger partial charge in [0.25, 0.3) is 10.0 Å². The minimum Gasteiger partial charge on any atom is -0.344 e. The van der Waals surface area contributed by atoms with Gasteiger partial charge in [0, 0.05) is 58.8 Å². The van der Waals surface area contributed by atoms with Crippen molar-refractivity contribution in [3.8, 4) is 0 Å². The third-order valence-corrected chi connectivity index (χ3v) is 12.3. The number of nitrogens with zero attached hydrogens (tertiary/aromatic N) is 4. The lowest BCUT2D eigenvalue weighted by Crippen LogP contribution is -2.47. The molecule has 45 heavy (non-hydrogen) atoms. The van der Waals surface area contributed by atoms with Gasteiger partial charge in [0.2, 0.25) is 0 Å². The van der Waals surface area contributed by atoms with E-state index in [1.165, 1.54) is 64.3 Å². The lowest BCUT2D eigenvalue weighted by Gasteiger charge is -2.25. The van der Waals surface area contributed by atoms with Gasteiger partial charge in [-0.2, -0.15) is 0 Å². The molecule has 0 spiro atoms. The average Bonchev–Trinajstić information content (AvgIpc) is 3.79. The molecule has 5 heterocycles. The molecule has 0 saturated heterocycles. The Morgan fingerprint density at radius 3 is 1.49 bits per heavy atom. The molecule has 0 fully saturated rings. The van der Waals surface area contributed by atoms with Gasteiger partial charge in [-0.05, 0) is 61.4 Å². The molecular weight excluding hydrogens is 589 g/mol. The van der Waals surface area contributed by atoms with Gasteiger partial charge < -0.3 is 9.80 Å². The summed E-state index contributed by atoms with van der Waals surface area (Å²) < 4.78 is 7.71. The molecule has 0 bridgehead atoms. The zero-order valence-corrected chi connectivity index (χ0v) is 28.6. The number of fused-ring (bicyclic) bond motifs is 2. The van der Waals surface area contributed by atoms with Gasteiger partial charge in [0.05, 0.1) is 0 Å². The van der Waals surface area contributed by atoms with Crippen LogP contribution >= 0.6 is 22.7 Å². The van der Waals surface area contributed by atoms with Crippen LogP contribution in [0.15, 0.2) is 96.4 Å². The van der Waals surface area contributed by atoms with Crippen molar-refractivity contribution in [1.82, 2.24) is 0 Å². The molecule has 0 unspecified atom stereocenters. The Labute approximate surface area is 274 Å². The third kappa shape index (κ3) is 4.08. The van der Waals surface area contributed by atoms with E-state index in [-0.39, 0.29) is 10.8 Å². The number of rotatable bonds is 6. The predicted molar refractivity (Wildman–Crippen MR) is 192 cm³/mol. The highest BCUT2D eigenvalue weighted by Gasteiger charge is 2.41. The monoisotopic (exact) mass is 628 g/mol. The number of thiazole rings is 2. The number of likely N-dealkylation sites (N-methyl/N-ethyl adjacent to an activating group) is 2. The van der Waals surface area contributed by atoms with E-state index in [1.807, 2.05) is 22.7 Å². The lowest BCUT2D eigenvalue weighted by atomic mass is 9.84. The van der Waals surface area contributed by atoms with E-state index in [4.69, 9.17) is 0 Å². The van der Waals surface area contributed by atoms with Crippen molar-refractivity contribution in [2.24, 2.45) is 0 Å². The smallest absolute Gasteiger partial charge is 0.344 e. The van der Waals surface area contributed by atoms with Crippen LogP contribution < -0.4 is 18.9 Å². The quantitative estimate of drug-likeness (QED) is 0.171. The molecule has 6 heteroatoms. The molecule has 5 aromatic rings. The maximum Gasteiger partial charge on any atom is 0.347 e. The first-order chi connectivity index (χ1) is 21.8. The first kappa shape index (κ1) is 28.5. The van der Waals surface area contributed by atoms with Crippen molar-refractivity contribution < 1.29 is 9.13 Å². The molecule has 0 amide bonds. The molecule has 4 nitrogen and oxygen atoms in total. The Morgan fingerprint density at radius 2 is 1.07 bits per heavy atom. The van der Waals surface area contributed by atoms with Crippen LogP contribution in [-0.2, 0) is 17.5 Å². The summed E-state index contributed by atoms with van der Waals surface area (Å²) >= 11 is 3.78. The molecule has 0 atom stereocenters. The molecule has 2 aromatic heterocycles. The molecule has 0 radical (unpaired) electrons. The molecule has 226 valence electrons. The van der Waals surface area contributed by atoms with Crippen LogP contribution in [0.1, 0.15) is 62.7 Å². The van der Waals surface area contributed by atoms with Crippen molar-refractivity contribution in [2.75, 3.05) is 22.9 Å². The van der Waals surface area contributed by atoms with Gasteiger partial charge in [-0.3, -0.25) is 0 Å². The largest absolute Gasteiger partial charge is 0.347 e. The fourth-order valence-corrected chi connectivity index (χ4v) is 10.0. The van der Waals surface area contributed by atoms with Crippen LogP contribution in [0.3, 0.4) is 0 Å². The first-order valence-electron chi connectivity index (χ1n) is 16.1. The highest BCUT2D eigenvalue weighted by atomic mass is 32.1. The fraction of sp³-hybridized carbons (Fsp3) is 0.282. The summed E-state index contributed by atoms with van der Waals surface area (Å²) in [6.45, 7) is 16.6. The number of hydrogen-bond donors (Lipinski definition) is 0. The van der Waals surface area contributed by atoms with Crippen molar-refractivity contribution in [2.45, 2.75) is 59.0 Å². The van der Waals surface area contributed by atoms with Crippen LogP contribution in [0.5, 0.6) is 0 Å². The number of benzene rings is 3. The molecule has 3 aliphatic rings. The lowest BCUT2D eigenvalue weighted by molar-refractivity contribution is -0.870. The van der Waals surface area contributed by atoms with E-state index in [9.17, 15) is 0 Å². The first-order valence-corrected chi connectivity index (χ1v) is 17.7. The summed E-state index contributed by atoms with van der Waals surface area (Å²) in [5.74, 6) is 0. The zero-order chi connectivity index (χ0) is 31.1. The number of hydrogen-bond acceptors (Lipinski definition) is 4. The van der Waals surface area contributed by atoms with Gasteiger partial charge in [-0.1, -0.05) is 98.9 Å². The molecule has 0 N–H and O–H groups in total. The molecule has 8 rings (SSSR count). The van der Waals surface area contributed by atoms with E-state index < -0.39 is 0 Å². The minimum absolute atomic E-state index is 0.0197. The Balaban J connectivity index is 1.10. The molecular formula is C39H40N4S2+2. The van der Waals surface area contributed by atoms with Crippen LogP contribution in [0.2, 0.25) is 0 Å². The summed E-state index contributed by atoms with van der Waals surface area (Å²) in [7, 11) is 0. The molecule has 3 aliphatic heterocycles. The van der Waals surface area contributed by atoms with Gasteiger partial charge in [0.15, 0.2) is 0 Å². The predicted octanol–water partition coefficient (Wildman–Crippen LogP) is 8.94. The van der Waals surface area contributed by atoms with Gasteiger partial charge in [-0.15, -0.1) is 9.13 Å². The maximum atomic E-state index is 2.50. The van der Waals surface area contributed by atoms with Crippen LogP contribution in [0.25, 0.3) is 32.6 Å². The van der Waals surface area contributed by atoms with E-state index in [1.54, 1.807) is 0 Å². The van der Waals surface area contributed by atoms with Gasteiger partial charge >= 0.3 is 17.7 Å². The second kappa shape index (κ2) is 10.3. The number of aromatic nitrogens is 2. The van der Waals surface area contributed by atoms with E-state index in [0.29, 0.717) is 0 Å². The Kier molecular flexibility index (Phi) is 6.49. The highest BCUT2D eigenvalue weighted by molar-refractivity contribution is 7.20. The van der Waals surface area contributed by atoms with Crippen LogP contribution in [0.4, 0.5) is 11.4 Å². The normalized spacial score (nSPS) is 19.6. The van der Waals surface area contributed by atoms with Gasteiger partial charge in [-0.25, -0.2) is 0 Å². The van der Waals surface area contributed by atoms with Crippen molar-refractivity contribution >= 4 is 66.6 Å². The van der Waals surface area contributed by atoms with E-state index in [2.05, 4.69) is 158 Å². The highest BCUT2D eigenvalue weighted by Crippen LogP contribution is 2.48. The van der Waals surface area contributed by atoms with Crippen molar-refractivity contribution in [1.29, 1.82) is 0 Å². The number of allylic oxidation sites excluding steroid dienone is 6.